The molecule has 10 heteroatoms. The van der Waals surface area contributed by atoms with Crippen LogP contribution in [0.3, 0.4) is 0 Å². The summed E-state index contributed by atoms with van der Waals surface area (Å²) in [7, 11) is 0. The summed E-state index contributed by atoms with van der Waals surface area (Å²) in [5, 5.41) is 34.3. The fourth-order valence-electron chi connectivity index (χ4n) is 2.17. The van der Waals surface area contributed by atoms with Crippen molar-refractivity contribution in [1.82, 2.24) is 10.7 Å². The second kappa shape index (κ2) is 9.64. The Bertz CT molecular complexity index is 359. The van der Waals surface area contributed by atoms with Gasteiger partial charge in [0, 0.05) is 13.5 Å². The molecule has 10 nitrogen and oxygen atoms in total. The van der Waals surface area contributed by atoms with Gasteiger partial charge in [-0.05, 0) is 13.0 Å². The van der Waals surface area contributed by atoms with Crippen LogP contribution in [0.5, 0.6) is 0 Å². The topological polar surface area (TPSA) is 155 Å². The third-order valence-electron chi connectivity index (χ3n) is 3.29. The van der Waals surface area contributed by atoms with Crippen molar-refractivity contribution in [3.05, 3.63) is 5.53 Å². The molecule has 5 unspecified atom stereocenters. The van der Waals surface area contributed by atoms with Crippen LogP contribution in [0, 0.1) is 0 Å². The first-order chi connectivity index (χ1) is 10.5. The first-order valence-electron chi connectivity index (χ1n) is 7.09. The van der Waals surface area contributed by atoms with Gasteiger partial charge in [0.2, 0.25) is 5.91 Å². The van der Waals surface area contributed by atoms with E-state index in [1.54, 1.807) is 0 Å². The van der Waals surface area contributed by atoms with Gasteiger partial charge in [0.05, 0.1) is 6.61 Å². The van der Waals surface area contributed by atoms with Crippen LogP contribution >= 0.6 is 0 Å². The second-order valence-electron chi connectivity index (χ2n) is 5.02. The van der Waals surface area contributed by atoms with Gasteiger partial charge in [-0.25, -0.2) is 0 Å². The van der Waals surface area contributed by atoms with Crippen LogP contribution in [-0.4, -0.2) is 71.6 Å². The number of aliphatic hydroxyl groups is 3. The van der Waals surface area contributed by atoms with Crippen LogP contribution in [-0.2, 0) is 14.3 Å². The van der Waals surface area contributed by atoms with Crippen molar-refractivity contribution in [1.29, 1.82) is 0 Å². The number of nitrogens with zero attached hydrogens (tertiary/aromatic N) is 2. The summed E-state index contributed by atoms with van der Waals surface area (Å²) in [6.45, 7) is 1.54. The zero-order valence-corrected chi connectivity index (χ0v) is 12.4. The van der Waals surface area contributed by atoms with Gasteiger partial charge >= 0.3 is 0 Å². The van der Waals surface area contributed by atoms with Crippen molar-refractivity contribution in [2.24, 2.45) is 5.22 Å². The molecule has 1 rings (SSSR count). The molecule has 1 saturated heterocycles. The van der Waals surface area contributed by atoms with Gasteiger partial charge in [0.15, 0.2) is 6.29 Å². The van der Waals surface area contributed by atoms with Gasteiger partial charge in [0.25, 0.3) is 0 Å². The van der Waals surface area contributed by atoms with E-state index in [0.29, 0.717) is 19.4 Å². The maximum atomic E-state index is 11.2. The normalized spacial score (nSPS) is 31.5. The van der Waals surface area contributed by atoms with E-state index in [0.717, 1.165) is 0 Å². The standard InChI is InChI=1S/C12H23N4O6/c1-7(18)15-9-11(20)10(19)8(6-17)22-12(9)21-5-3-2-4-14-16-13/h8-12,17,19-20H,2-6H2,1H3,(H2-,13,14,15,18)/q-1. The molecule has 0 aromatic rings. The fourth-order valence-corrected chi connectivity index (χ4v) is 2.17. The first-order valence-corrected chi connectivity index (χ1v) is 7.09. The summed E-state index contributed by atoms with van der Waals surface area (Å²) < 4.78 is 10.9. The Balaban J connectivity index is 2.53. The van der Waals surface area contributed by atoms with E-state index in [-0.39, 0.29) is 6.61 Å². The predicted octanol–water partition coefficient (Wildman–Crippen LogP) is -1.75. The van der Waals surface area contributed by atoms with Gasteiger partial charge in [-0.1, -0.05) is 6.42 Å². The number of rotatable bonds is 9. The molecule has 0 radical (unpaired) electrons. The average Bonchev–Trinajstić information content (AvgIpc) is 2.49. The molecular weight excluding hydrogens is 296 g/mol. The molecule has 5 N–H and O–H groups in total. The quantitative estimate of drug-likeness (QED) is 0.192. The van der Waals surface area contributed by atoms with Crippen LogP contribution in [0.1, 0.15) is 19.8 Å². The summed E-state index contributed by atoms with van der Waals surface area (Å²) in [5.74, 6) is -0.398. The summed E-state index contributed by atoms with van der Waals surface area (Å²) >= 11 is 0. The molecule has 0 spiro atoms. The van der Waals surface area contributed by atoms with Gasteiger partial charge in [-0.2, -0.15) is 0 Å². The zero-order chi connectivity index (χ0) is 16.5. The van der Waals surface area contributed by atoms with Crippen LogP contribution in [0.15, 0.2) is 5.22 Å². The summed E-state index contributed by atoms with van der Waals surface area (Å²) in [6, 6.07) is -0.930. The predicted molar refractivity (Wildman–Crippen MR) is 74.3 cm³/mol. The molecule has 1 aliphatic heterocycles. The van der Waals surface area contributed by atoms with Gasteiger partial charge in [-0.15, -0.1) is 0 Å². The smallest absolute Gasteiger partial charge is 0.217 e. The van der Waals surface area contributed by atoms with Gasteiger partial charge in [-0.3, -0.25) is 10.0 Å². The zero-order valence-electron chi connectivity index (χ0n) is 12.4. The summed E-state index contributed by atoms with van der Waals surface area (Å²) in [4.78, 5) is 11.2. The van der Waals surface area contributed by atoms with E-state index in [1.165, 1.54) is 6.92 Å². The van der Waals surface area contributed by atoms with E-state index in [1.807, 2.05) is 0 Å². The van der Waals surface area contributed by atoms with Crippen molar-refractivity contribution >= 4 is 5.91 Å². The highest BCUT2D eigenvalue weighted by Gasteiger charge is 2.45. The lowest BCUT2D eigenvalue weighted by Gasteiger charge is -2.42. The van der Waals surface area contributed by atoms with Gasteiger partial charge in [0.1, 0.15) is 24.4 Å². The molecule has 0 saturated carbocycles. The Morgan fingerprint density at radius 3 is 2.68 bits per heavy atom. The highest BCUT2D eigenvalue weighted by atomic mass is 16.7. The Hall–Kier alpha value is -1.33. The summed E-state index contributed by atoms with van der Waals surface area (Å²) in [5.41, 5.74) is 10.6. The number of aliphatic hydroxyl groups excluding tert-OH is 3. The molecule has 0 aromatic heterocycles. The molecule has 5 atom stereocenters. The second-order valence-corrected chi connectivity index (χ2v) is 5.02. The van der Waals surface area contributed by atoms with E-state index in [9.17, 15) is 15.0 Å². The van der Waals surface area contributed by atoms with Crippen molar-refractivity contribution < 1.29 is 29.6 Å². The number of carbonyl (C=O) groups is 1. The maximum absolute atomic E-state index is 11.2. The van der Waals surface area contributed by atoms with Crippen LogP contribution in [0.25, 0.3) is 5.53 Å². The van der Waals surface area contributed by atoms with Gasteiger partial charge < -0.3 is 41.1 Å². The molecule has 0 aromatic carbocycles. The van der Waals surface area contributed by atoms with Crippen molar-refractivity contribution in [3.8, 4) is 0 Å². The minimum atomic E-state index is -1.32. The lowest BCUT2D eigenvalue weighted by Crippen LogP contribution is -2.64. The Morgan fingerprint density at radius 1 is 1.36 bits per heavy atom. The minimum Gasteiger partial charge on any atom is -0.414 e. The molecule has 128 valence electrons. The van der Waals surface area contributed by atoms with E-state index in [2.05, 4.69) is 16.0 Å². The number of amides is 1. The molecule has 1 aliphatic rings. The Kier molecular flexibility index (Phi) is 8.20. The first kappa shape index (κ1) is 18.7. The van der Waals surface area contributed by atoms with E-state index < -0.39 is 43.2 Å². The average molecular weight is 319 g/mol. The minimum absolute atomic E-state index is 0.273. The number of hydrogen-bond acceptors (Lipinski definition) is 7. The number of nitrogens with one attached hydrogen (secondary N) is 2. The van der Waals surface area contributed by atoms with Crippen molar-refractivity contribution in [3.63, 3.8) is 0 Å². The largest absolute Gasteiger partial charge is 0.414 e. The molecule has 1 heterocycles. The fraction of sp³-hybridized carbons (Fsp3) is 0.917. The lowest BCUT2D eigenvalue weighted by atomic mass is 9.97. The molecular formula is C12H23N4O6-. The Morgan fingerprint density at radius 2 is 2.09 bits per heavy atom. The van der Waals surface area contributed by atoms with E-state index >= 15 is 0 Å². The van der Waals surface area contributed by atoms with Crippen LogP contribution in [0.4, 0.5) is 0 Å². The highest BCUT2D eigenvalue weighted by molar-refractivity contribution is 5.73. The number of hydrogen-bond donors (Lipinski definition) is 5. The van der Waals surface area contributed by atoms with Crippen LogP contribution < -0.4 is 10.7 Å². The number of unbranched alkanes of at least 4 members (excludes halogenated alkanes) is 1. The molecule has 0 aliphatic carbocycles. The highest BCUT2D eigenvalue weighted by Crippen LogP contribution is 2.22. The number of carbonyl (C=O) groups excluding carboxylic acids is 1. The maximum Gasteiger partial charge on any atom is 0.217 e. The lowest BCUT2D eigenvalue weighted by molar-refractivity contribution is -0.270. The van der Waals surface area contributed by atoms with E-state index in [4.69, 9.17) is 20.1 Å². The van der Waals surface area contributed by atoms with Crippen molar-refractivity contribution in [2.75, 3.05) is 19.8 Å². The number of ether oxygens (including phenoxy) is 2. The SMILES string of the molecule is CC(=O)NC1C(OCCCCNN=[N-])OC(CO)C(O)C1O. The summed E-state index contributed by atoms with van der Waals surface area (Å²) in [6.07, 6.45) is -3.30. The molecule has 1 fully saturated rings. The molecule has 1 amide bonds. The monoisotopic (exact) mass is 319 g/mol. The van der Waals surface area contributed by atoms with Crippen molar-refractivity contribution in [2.45, 2.75) is 50.4 Å². The Labute approximate surface area is 128 Å². The third kappa shape index (κ3) is 5.46. The third-order valence-corrected chi connectivity index (χ3v) is 3.29. The molecule has 22 heavy (non-hydrogen) atoms. The van der Waals surface area contributed by atoms with Crippen LogP contribution in [0.2, 0.25) is 0 Å². The molecule has 0 bridgehead atoms.